The fraction of sp³-hybridized carbons (Fsp3) is 0.176. The molecule has 0 spiro atoms. The third-order valence-corrected chi connectivity index (χ3v) is 4.31. The Labute approximate surface area is 123 Å². The smallest absolute Gasteiger partial charge is 0.119 e. The lowest BCUT2D eigenvalue weighted by Gasteiger charge is -2.06. The van der Waals surface area contributed by atoms with Crippen LogP contribution < -0.4 is 4.74 Å². The van der Waals surface area contributed by atoms with Crippen LogP contribution in [-0.2, 0) is 6.54 Å². The molecule has 1 heterocycles. The second-order valence-electron chi connectivity index (χ2n) is 4.60. The zero-order chi connectivity index (χ0) is 13.8. The van der Waals surface area contributed by atoms with Crippen molar-refractivity contribution in [2.75, 3.05) is 12.9 Å². The maximum absolute atomic E-state index is 5.26. The van der Waals surface area contributed by atoms with Gasteiger partial charge in [0, 0.05) is 34.3 Å². The van der Waals surface area contributed by atoms with E-state index in [1.54, 1.807) is 7.11 Å². The highest BCUT2D eigenvalue weighted by Crippen LogP contribution is 2.23. The first kappa shape index (κ1) is 13.1. The number of hydrogen-bond donors (Lipinski definition) is 0. The molecule has 0 atom stereocenters. The van der Waals surface area contributed by atoms with E-state index in [4.69, 9.17) is 4.74 Å². The summed E-state index contributed by atoms with van der Waals surface area (Å²) < 4.78 is 7.55. The molecule has 0 aliphatic carbocycles. The summed E-state index contributed by atoms with van der Waals surface area (Å²) in [6.45, 7) is 1.01. The van der Waals surface area contributed by atoms with Gasteiger partial charge in [-0.1, -0.05) is 18.2 Å². The molecule has 20 heavy (non-hydrogen) atoms. The molecule has 0 aliphatic rings. The predicted molar refractivity (Wildman–Crippen MR) is 85.7 cm³/mol. The van der Waals surface area contributed by atoms with Crippen molar-refractivity contribution < 1.29 is 4.74 Å². The highest BCUT2D eigenvalue weighted by Gasteiger charge is 2.02. The molecule has 0 fully saturated rings. The molecule has 0 unspecified atom stereocenters. The molecular formula is C17H17NOS. The van der Waals surface area contributed by atoms with E-state index in [9.17, 15) is 0 Å². The van der Waals surface area contributed by atoms with Gasteiger partial charge in [0.15, 0.2) is 0 Å². The summed E-state index contributed by atoms with van der Waals surface area (Å²) in [5.41, 5.74) is 1.26. The minimum Gasteiger partial charge on any atom is -0.497 e. The number of ether oxygens (including phenoxy) is 1. The van der Waals surface area contributed by atoms with Crippen LogP contribution in [0.2, 0.25) is 0 Å². The summed E-state index contributed by atoms with van der Waals surface area (Å²) in [7, 11) is 1.70. The average Bonchev–Trinajstić information content (AvgIpc) is 2.91. The highest BCUT2D eigenvalue weighted by molar-refractivity contribution is 7.99. The summed E-state index contributed by atoms with van der Waals surface area (Å²) in [4.78, 5) is 1.32. The normalized spacial score (nSPS) is 10.8. The van der Waals surface area contributed by atoms with Crippen molar-refractivity contribution in [3.63, 3.8) is 0 Å². The largest absolute Gasteiger partial charge is 0.497 e. The topological polar surface area (TPSA) is 14.2 Å². The number of hydrogen-bond acceptors (Lipinski definition) is 2. The lowest BCUT2D eigenvalue weighted by Crippen LogP contribution is -1.98. The average molecular weight is 283 g/mol. The summed E-state index contributed by atoms with van der Waals surface area (Å²) >= 11 is 1.89. The molecular weight excluding hydrogens is 266 g/mol. The van der Waals surface area contributed by atoms with Crippen molar-refractivity contribution >= 4 is 22.7 Å². The number of thioether (sulfide) groups is 1. The van der Waals surface area contributed by atoms with E-state index in [0.29, 0.717) is 0 Å². The molecule has 0 bridgehead atoms. The standard InChI is InChI=1S/C17H17NOS/c1-19-15-7-8-17-14(13-15)9-10-18(17)11-12-20-16-5-3-2-4-6-16/h2-10,13H,11-12H2,1H3. The summed E-state index contributed by atoms with van der Waals surface area (Å²) in [6, 6.07) is 18.9. The number of aryl methyl sites for hydroxylation is 1. The van der Waals surface area contributed by atoms with Crippen LogP contribution in [0.25, 0.3) is 10.9 Å². The maximum atomic E-state index is 5.26. The van der Waals surface area contributed by atoms with Crippen molar-refractivity contribution in [3.05, 3.63) is 60.8 Å². The third kappa shape index (κ3) is 2.83. The molecule has 3 rings (SSSR count). The molecule has 0 saturated heterocycles. The summed E-state index contributed by atoms with van der Waals surface area (Å²) in [5.74, 6) is 1.98. The van der Waals surface area contributed by atoms with Gasteiger partial charge < -0.3 is 9.30 Å². The second-order valence-corrected chi connectivity index (χ2v) is 5.76. The van der Waals surface area contributed by atoms with E-state index < -0.39 is 0 Å². The van der Waals surface area contributed by atoms with Crippen LogP contribution in [-0.4, -0.2) is 17.4 Å². The maximum Gasteiger partial charge on any atom is 0.119 e. The van der Waals surface area contributed by atoms with Gasteiger partial charge in [0.2, 0.25) is 0 Å². The summed E-state index contributed by atoms with van der Waals surface area (Å²) in [6.07, 6.45) is 2.15. The first-order chi connectivity index (χ1) is 9.86. The first-order valence-corrected chi connectivity index (χ1v) is 7.66. The number of benzene rings is 2. The number of nitrogens with zero attached hydrogens (tertiary/aromatic N) is 1. The number of aromatic nitrogens is 1. The van der Waals surface area contributed by atoms with Crippen molar-refractivity contribution in [1.29, 1.82) is 0 Å². The van der Waals surface area contributed by atoms with Crippen LogP contribution in [0.5, 0.6) is 5.75 Å². The Balaban J connectivity index is 1.69. The third-order valence-electron chi connectivity index (χ3n) is 3.32. The van der Waals surface area contributed by atoms with Crippen LogP contribution in [0.3, 0.4) is 0 Å². The molecule has 2 aromatic carbocycles. The van der Waals surface area contributed by atoms with Crippen molar-refractivity contribution in [2.24, 2.45) is 0 Å². The van der Waals surface area contributed by atoms with Crippen LogP contribution in [0.15, 0.2) is 65.7 Å². The molecule has 0 N–H and O–H groups in total. The van der Waals surface area contributed by atoms with Gasteiger partial charge in [0.1, 0.15) is 5.75 Å². The molecule has 2 nitrogen and oxygen atoms in total. The molecule has 1 aromatic heterocycles. The highest BCUT2D eigenvalue weighted by atomic mass is 32.2. The van der Waals surface area contributed by atoms with Gasteiger partial charge in [-0.3, -0.25) is 0 Å². The minimum atomic E-state index is 0.911. The van der Waals surface area contributed by atoms with E-state index in [-0.39, 0.29) is 0 Å². The fourth-order valence-corrected chi connectivity index (χ4v) is 3.15. The van der Waals surface area contributed by atoms with E-state index >= 15 is 0 Å². The Morgan fingerprint density at radius 3 is 2.70 bits per heavy atom. The zero-order valence-corrected chi connectivity index (χ0v) is 12.3. The van der Waals surface area contributed by atoms with Gasteiger partial charge in [0.05, 0.1) is 7.11 Å². The first-order valence-electron chi connectivity index (χ1n) is 6.67. The second kappa shape index (κ2) is 6.06. The minimum absolute atomic E-state index is 0.911. The Bertz CT molecular complexity index is 691. The molecule has 0 radical (unpaired) electrons. The molecule has 3 aromatic rings. The Hall–Kier alpha value is -1.87. The molecule has 0 amide bonds. The molecule has 3 heteroatoms. The van der Waals surface area contributed by atoms with Gasteiger partial charge in [0.25, 0.3) is 0 Å². The van der Waals surface area contributed by atoms with Crippen LogP contribution in [0.4, 0.5) is 0 Å². The van der Waals surface area contributed by atoms with Crippen LogP contribution >= 0.6 is 11.8 Å². The number of fused-ring (bicyclic) bond motifs is 1. The predicted octanol–water partition coefficient (Wildman–Crippen LogP) is 4.44. The Kier molecular flexibility index (Phi) is 3.97. The van der Waals surface area contributed by atoms with E-state index in [1.807, 2.05) is 17.8 Å². The van der Waals surface area contributed by atoms with Crippen LogP contribution in [0, 0.1) is 0 Å². The Morgan fingerprint density at radius 2 is 1.90 bits per heavy atom. The molecule has 0 saturated carbocycles. The van der Waals surface area contributed by atoms with E-state index in [2.05, 4.69) is 59.3 Å². The molecule has 102 valence electrons. The lowest BCUT2D eigenvalue weighted by atomic mass is 10.2. The van der Waals surface area contributed by atoms with Gasteiger partial charge in [-0.15, -0.1) is 11.8 Å². The SMILES string of the molecule is COc1ccc2c(ccn2CCSc2ccccc2)c1. The fourth-order valence-electron chi connectivity index (χ4n) is 2.28. The van der Waals surface area contributed by atoms with E-state index in [1.165, 1.54) is 15.8 Å². The molecule has 0 aliphatic heterocycles. The summed E-state index contributed by atoms with van der Waals surface area (Å²) in [5, 5.41) is 1.23. The van der Waals surface area contributed by atoms with Crippen molar-refractivity contribution in [1.82, 2.24) is 4.57 Å². The van der Waals surface area contributed by atoms with E-state index in [0.717, 1.165) is 18.0 Å². The van der Waals surface area contributed by atoms with Crippen molar-refractivity contribution in [2.45, 2.75) is 11.4 Å². The van der Waals surface area contributed by atoms with Gasteiger partial charge in [-0.2, -0.15) is 0 Å². The number of methoxy groups -OCH3 is 1. The van der Waals surface area contributed by atoms with Crippen molar-refractivity contribution in [3.8, 4) is 5.75 Å². The quantitative estimate of drug-likeness (QED) is 0.643. The van der Waals surface area contributed by atoms with Gasteiger partial charge in [-0.05, 0) is 36.4 Å². The van der Waals surface area contributed by atoms with Gasteiger partial charge >= 0.3 is 0 Å². The van der Waals surface area contributed by atoms with Crippen LogP contribution in [0.1, 0.15) is 0 Å². The lowest BCUT2D eigenvalue weighted by molar-refractivity contribution is 0.415. The number of rotatable bonds is 5. The Morgan fingerprint density at radius 1 is 1.05 bits per heavy atom. The zero-order valence-electron chi connectivity index (χ0n) is 11.5. The monoisotopic (exact) mass is 283 g/mol. The van der Waals surface area contributed by atoms with Gasteiger partial charge in [-0.25, -0.2) is 0 Å².